The number of rotatable bonds is 12. The Morgan fingerprint density at radius 1 is 1.05 bits per heavy atom. The van der Waals surface area contributed by atoms with E-state index in [1.54, 1.807) is 30.3 Å². The monoisotopic (exact) mass is 619 g/mol. The zero-order valence-corrected chi connectivity index (χ0v) is 26.1. The van der Waals surface area contributed by atoms with Gasteiger partial charge >= 0.3 is 0 Å². The fourth-order valence-electron chi connectivity index (χ4n) is 4.04. The molecule has 1 atom stereocenters. The van der Waals surface area contributed by atoms with Gasteiger partial charge in [-0.25, -0.2) is 8.42 Å². The zero-order valence-electron chi connectivity index (χ0n) is 23.1. The Hall–Kier alpha value is -2.20. The molecule has 2 amide bonds. The summed E-state index contributed by atoms with van der Waals surface area (Å²) in [4.78, 5) is 28.3. The molecule has 0 aliphatic carbocycles. The Labute approximate surface area is 246 Å². The predicted octanol–water partition coefficient (Wildman–Crippen LogP) is 5.92. The van der Waals surface area contributed by atoms with Crippen LogP contribution in [-0.2, 0) is 26.2 Å². The van der Waals surface area contributed by atoms with Crippen LogP contribution in [0.3, 0.4) is 0 Å². The Kier molecular flexibility index (Phi) is 11.8. The lowest BCUT2D eigenvalue weighted by Gasteiger charge is -2.33. The maximum Gasteiger partial charge on any atom is 0.243 e. The SMILES string of the molecule is CC[C@@H](C(=O)NC(C)(C)C)N(Cc1c(Cl)cccc1Cl)C(=O)CCCN(c1ccc(OC)c(Cl)c1)S(C)(=O)=O. The molecule has 1 N–H and O–H groups in total. The van der Waals surface area contributed by atoms with E-state index in [-0.39, 0.29) is 42.8 Å². The fraction of sp³-hybridized carbons (Fsp3) is 0.481. The molecule has 0 aliphatic rings. The molecule has 0 saturated heterocycles. The van der Waals surface area contributed by atoms with Gasteiger partial charge in [0.2, 0.25) is 21.8 Å². The zero-order chi connectivity index (χ0) is 29.5. The Morgan fingerprint density at radius 3 is 2.15 bits per heavy atom. The van der Waals surface area contributed by atoms with Gasteiger partial charge in [0.15, 0.2) is 0 Å². The lowest BCUT2D eigenvalue weighted by molar-refractivity contribution is -0.142. The summed E-state index contributed by atoms with van der Waals surface area (Å²) in [5, 5.41) is 3.97. The minimum atomic E-state index is -3.68. The first-order valence-electron chi connectivity index (χ1n) is 12.4. The second-order valence-electron chi connectivity index (χ2n) is 10.1. The van der Waals surface area contributed by atoms with Crippen molar-refractivity contribution in [3.05, 3.63) is 57.0 Å². The summed E-state index contributed by atoms with van der Waals surface area (Å²) in [6.45, 7) is 7.45. The van der Waals surface area contributed by atoms with Gasteiger partial charge in [0.25, 0.3) is 0 Å². The van der Waals surface area contributed by atoms with Crippen LogP contribution in [0, 0.1) is 0 Å². The second kappa shape index (κ2) is 13.9. The molecule has 0 bridgehead atoms. The van der Waals surface area contributed by atoms with Gasteiger partial charge in [0.1, 0.15) is 11.8 Å². The molecule has 0 radical (unpaired) electrons. The number of hydrogen-bond donors (Lipinski definition) is 1. The van der Waals surface area contributed by atoms with Crippen molar-refractivity contribution >= 4 is 62.3 Å². The maximum absolute atomic E-state index is 13.6. The third-order valence-electron chi connectivity index (χ3n) is 5.85. The highest BCUT2D eigenvalue weighted by molar-refractivity contribution is 7.92. The van der Waals surface area contributed by atoms with Gasteiger partial charge in [-0.1, -0.05) is 47.8 Å². The summed E-state index contributed by atoms with van der Waals surface area (Å²) in [7, 11) is -2.21. The number of benzene rings is 2. The fourth-order valence-corrected chi connectivity index (χ4v) is 5.77. The first-order chi connectivity index (χ1) is 18.1. The number of nitrogens with one attached hydrogen (secondary N) is 1. The van der Waals surface area contributed by atoms with E-state index in [1.165, 1.54) is 22.4 Å². The topological polar surface area (TPSA) is 96.0 Å². The van der Waals surface area contributed by atoms with Gasteiger partial charge in [-0.2, -0.15) is 0 Å². The number of sulfonamides is 1. The van der Waals surface area contributed by atoms with E-state index in [2.05, 4.69) is 5.32 Å². The van der Waals surface area contributed by atoms with Crippen LogP contribution in [0.2, 0.25) is 15.1 Å². The molecule has 0 heterocycles. The van der Waals surface area contributed by atoms with Gasteiger partial charge in [-0.3, -0.25) is 13.9 Å². The molecule has 0 aliphatic heterocycles. The molecule has 0 saturated carbocycles. The van der Waals surface area contributed by atoms with Crippen molar-refractivity contribution in [1.82, 2.24) is 10.2 Å². The van der Waals surface area contributed by atoms with Crippen molar-refractivity contribution in [3.8, 4) is 5.75 Å². The number of methoxy groups -OCH3 is 1. The van der Waals surface area contributed by atoms with Crippen molar-refractivity contribution in [2.45, 2.75) is 65.1 Å². The van der Waals surface area contributed by atoms with Gasteiger partial charge in [0.05, 0.1) is 24.1 Å². The Bertz CT molecular complexity index is 1260. The number of ether oxygens (including phenoxy) is 1. The number of carbonyl (C=O) groups excluding carboxylic acids is 2. The van der Waals surface area contributed by atoms with Gasteiger partial charge in [-0.05, 0) is 63.9 Å². The van der Waals surface area contributed by atoms with Gasteiger partial charge in [-0.15, -0.1) is 0 Å². The highest BCUT2D eigenvalue weighted by Gasteiger charge is 2.31. The highest BCUT2D eigenvalue weighted by atomic mass is 35.5. The molecule has 216 valence electrons. The summed E-state index contributed by atoms with van der Waals surface area (Å²) in [6.07, 6.45) is 1.62. The molecule has 39 heavy (non-hydrogen) atoms. The third kappa shape index (κ3) is 9.45. The van der Waals surface area contributed by atoms with E-state index in [9.17, 15) is 18.0 Å². The van der Waals surface area contributed by atoms with Crippen LogP contribution in [0.1, 0.15) is 52.5 Å². The minimum Gasteiger partial charge on any atom is -0.495 e. The first kappa shape index (κ1) is 33.0. The van der Waals surface area contributed by atoms with E-state index < -0.39 is 21.6 Å². The van der Waals surface area contributed by atoms with Crippen LogP contribution in [0.5, 0.6) is 5.75 Å². The van der Waals surface area contributed by atoms with Crippen molar-refractivity contribution in [2.24, 2.45) is 0 Å². The van der Waals surface area contributed by atoms with Crippen molar-refractivity contribution in [1.29, 1.82) is 0 Å². The normalized spacial score (nSPS) is 12.5. The van der Waals surface area contributed by atoms with Crippen LogP contribution < -0.4 is 14.4 Å². The number of halogens is 3. The van der Waals surface area contributed by atoms with Crippen molar-refractivity contribution in [3.63, 3.8) is 0 Å². The standard InChI is InChI=1S/C27H36Cl3N3O5S/c1-7-23(26(35)31-27(2,3)4)32(17-19-20(28)10-8-11-21(19)29)25(34)12-9-15-33(39(6,36)37)18-13-14-24(38-5)22(30)16-18/h8,10-11,13-14,16,23H,7,9,12,15,17H2,1-6H3,(H,31,35)/t23-/m0/s1. The van der Waals surface area contributed by atoms with Crippen molar-refractivity contribution < 1.29 is 22.7 Å². The van der Waals surface area contributed by atoms with Crippen LogP contribution in [-0.4, -0.2) is 56.6 Å². The average Bonchev–Trinajstić information content (AvgIpc) is 2.81. The molecule has 0 fully saturated rings. The van der Waals surface area contributed by atoms with E-state index >= 15 is 0 Å². The van der Waals surface area contributed by atoms with Crippen LogP contribution in [0.15, 0.2) is 36.4 Å². The molecule has 8 nitrogen and oxygen atoms in total. The number of anilines is 1. The summed E-state index contributed by atoms with van der Waals surface area (Å²) < 4.78 is 31.5. The molecule has 0 aromatic heterocycles. The summed E-state index contributed by atoms with van der Waals surface area (Å²) in [6, 6.07) is 8.93. The second-order valence-corrected chi connectivity index (χ2v) is 13.3. The number of nitrogens with zero attached hydrogens (tertiary/aromatic N) is 2. The third-order valence-corrected chi connectivity index (χ3v) is 8.05. The van der Waals surface area contributed by atoms with Gasteiger partial charge < -0.3 is 15.0 Å². The number of carbonyl (C=O) groups is 2. The lowest BCUT2D eigenvalue weighted by atomic mass is 10.0. The molecule has 0 unspecified atom stereocenters. The number of hydrogen-bond acceptors (Lipinski definition) is 5. The average molecular weight is 621 g/mol. The molecule has 2 rings (SSSR count). The van der Waals surface area contributed by atoms with E-state index in [1.807, 2.05) is 27.7 Å². The molecule has 2 aromatic rings. The molecule has 12 heteroatoms. The summed E-state index contributed by atoms with van der Waals surface area (Å²) in [5.74, 6) is -0.215. The quantitative estimate of drug-likeness (QED) is 0.318. The van der Waals surface area contributed by atoms with Crippen LogP contribution >= 0.6 is 34.8 Å². The first-order valence-corrected chi connectivity index (χ1v) is 15.4. The molecule has 0 spiro atoms. The number of amides is 2. The predicted molar refractivity (Wildman–Crippen MR) is 158 cm³/mol. The highest BCUT2D eigenvalue weighted by Crippen LogP contribution is 2.31. The van der Waals surface area contributed by atoms with Crippen LogP contribution in [0.25, 0.3) is 0 Å². The lowest BCUT2D eigenvalue weighted by Crippen LogP contribution is -2.53. The molecular weight excluding hydrogens is 585 g/mol. The smallest absolute Gasteiger partial charge is 0.243 e. The summed E-state index contributed by atoms with van der Waals surface area (Å²) >= 11 is 19.0. The van der Waals surface area contributed by atoms with Gasteiger partial charge in [0, 0.05) is 40.7 Å². The Balaban J connectivity index is 2.31. The van der Waals surface area contributed by atoms with E-state index in [0.29, 0.717) is 33.5 Å². The molecular formula is C27H36Cl3N3O5S. The largest absolute Gasteiger partial charge is 0.495 e. The van der Waals surface area contributed by atoms with Crippen LogP contribution in [0.4, 0.5) is 5.69 Å². The molecule has 2 aromatic carbocycles. The minimum absolute atomic E-state index is 0.0166. The van der Waals surface area contributed by atoms with E-state index in [0.717, 1.165) is 6.26 Å². The Morgan fingerprint density at radius 2 is 1.67 bits per heavy atom. The van der Waals surface area contributed by atoms with Crippen molar-refractivity contribution in [2.75, 3.05) is 24.2 Å². The maximum atomic E-state index is 13.6. The van der Waals surface area contributed by atoms with E-state index in [4.69, 9.17) is 39.5 Å². The summed E-state index contributed by atoms with van der Waals surface area (Å²) in [5.41, 5.74) is 0.380.